The Kier molecular flexibility index (Phi) is 2.33. The SMILES string of the molecule is Clc1cn[nH]c1C1CCNCC1. The highest BCUT2D eigenvalue weighted by Crippen LogP contribution is 2.28. The zero-order chi connectivity index (χ0) is 8.39. The van der Waals surface area contributed by atoms with E-state index in [9.17, 15) is 0 Å². The summed E-state index contributed by atoms with van der Waals surface area (Å²) >= 11 is 5.96. The van der Waals surface area contributed by atoms with Gasteiger partial charge in [-0.2, -0.15) is 5.10 Å². The minimum absolute atomic E-state index is 0.571. The monoisotopic (exact) mass is 185 g/mol. The Morgan fingerprint density at radius 3 is 2.75 bits per heavy atom. The summed E-state index contributed by atoms with van der Waals surface area (Å²) in [6, 6.07) is 0. The number of rotatable bonds is 1. The van der Waals surface area contributed by atoms with Gasteiger partial charge in [-0.3, -0.25) is 5.10 Å². The number of halogens is 1. The highest BCUT2D eigenvalue weighted by Gasteiger charge is 2.18. The largest absolute Gasteiger partial charge is 0.317 e. The van der Waals surface area contributed by atoms with Gasteiger partial charge < -0.3 is 5.32 Å². The number of nitrogens with one attached hydrogen (secondary N) is 2. The quantitative estimate of drug-likeness (QED) is 0.697. The normalized spacial score (nSPS) is 19.8. The summed E-state index contributed by atoms with van der Waals surface area (Å²) in [7, 11) is 0. The Hall–Kier alpha value is -0.540. The Bertz CT molecular complexity index is 253. The molecule has 3 nitrogen and oxygen atoms in total. The van der Waals surface area contributed by atoms with Crippen LogP contribution in [0.25, 0.3) is 0 Å². The lowest BCUT2D eigenvalue weighted by Gasteiger charge is -2.21. The summed E-state index contributed by atoms with van der Waals surface area (Å²) in [5.74, 6) is 0.571. The molecule has 0 bridgehead atoms. The Balaban J connectivity index is 2.13. The molecule has 1 aliphatic rings. The van der Waals surface area contributed by atoms with E-state index in [0.29, 0.717) is 5.92 Å². The third kappa shape index (κ3) is 1.47. The lowest BCUT2D eigenvalue weighted by Crippen LogP contribution is -2.26. The Morgan fingerprint density at radius 1 is 1.42 bits per heavy atom. The van der Waals surface area contributed by atoms with E-state index in [-0.39, 0.29) is 0 Å². The summed E-state index contributed by atoms with van der Waals surface area (Å²) < 4.78 is 0. The molecule has 1 saturated heterocycles. The molecule has 66 valence electrons. The molecule has 0 amide bonds. The van der Waals surface area contributed by atoms with Crippen LogP contribution in [0.4, 0.5) is 0 Å². The molecular weight excluding hydrogens is 174 g/mol. The molecule has 0 atom stereocenters. The van der Waals surface area contributed by atoms with E-state index in [0.717, 1.165) is 36.6 Å². The lowest BCUT2D eigenvalue weighted by atomic mass is 9.95. The van der Waals surface area contributed by atoms with E-state index < -0.39 is 0 Å². The predicted octanol–water partition coefficient (Wildman–Crippen LogP) is 1.53. The van der Waals surface area contributed by atoms with E-state index >= 15 is 0 Å². The zero-order valence-corrected chi connectivity index (χ0v) is 7.56. The van der Waals surface area contributed by atoms with Crippen LogP contribution >= 0.6 is 11.6 Å². The van der Waals surface area contributed by atoms with Crippen LogP contribution in [0, 0.1) is 0 Å². The second-order valence-electron chi connectivity index (χ2n) is 3.16. The number of hydrogen-bond acceptors (Lipinski definition) is 2. The molecule has 0 spiro atoms. The Labute approximate surface area is 76.5 Å². The van der Waals surface area contributed by atoms with Crippen molar-refractivity contribution in [3.63, 3.8) is 0 Å². The number of piperidine rings is 1. The van der Waals surface area contributed by atoms with Crippen molar-refractivity contribution in [2.45, 2.75) is 18.8 Å². The first kappa shape index (κ1) is 8.08. The van der Waals surface area contributed by atoms with Crippen LogP contribution in [0.15, 0.2) is 6.20 Å². The minimum atomic E-state index is 0.571. The molecule has 1 fully saturated rings. The summed E-state index contributed by atoms with van der Waals surface area (Å²) in [5.41, 5.74) is 1.11. The summed E-state index contributed by atoms with van der Waals surface area (Å²) in [6.45, 7) is 2.17. The minimum Gasteiger partial charge on any atom is -0.317 e. The van der Waals surface area contributed by atoms with Crippen molar-refractivity contribution >= 4 is 11.6 Å². The molecule has 12 heavy (non-hydrogen) atoms. The first-order valence-corrected chi connectivity index (χ1v) is 4.65. The molecule has 2 N–H and O–H groups in total. The fourth-order valence-corrected chi connectivity index (χ4v) is 1.92. The molecule has 0 aromatic carbocycles. The Morgan fingerprint density at radius 2 is 2.17 bits per heavy atom. The topological polar surface area (TPSA) is 40.7 Å². The summed E-state index contributed by atoms with van der Waals surface area (Å²) in [6.07, 6.45) is 3.99. The highest BCUT2D eigenvalue weighted by atomic mass is 35.5. The van der Waals surface area contributed by atoms with Gasteiger partial charge in [0.15, 0.2) is 0 Å². The molecule has 1 aliphatic heterocycles. The van der Waals surface area contributed by atoms with Crippen molar-refractivity contribution in [3.8, 4) is 0 Å². The smallest absolute Gasteiger partial charge is 0.0818 e. The average molecular weight is 186 g/mol. The summed E-state index contributed by atoms with van der Waals surface area (Å²) in [4.78, 5) is 0. The van der Waals surface area contributed by atoms with Crippen molar-refractivity contribution in [3.05, 3.63) is 16.9 Å². The third-order valence-electron chi connectivity index (χ3n) is 2.37. The second-order valence-corrected chi connectivity index (χ2v) is 3.56. The molecule has 1 aromatic rings. The maximum atomic E-state index is 5.96. The first-order chi connectivity index (χ1) is 5.88. The molecule has 2 rings (SSSR count). The van der Waals surface area contributed by atoms with Crippen LogP contribution in [0.3, 0.4) is 0 Å². The van der Waals surface area contributed by atoms with Crippen LogP contribution in [0.5, 0.6) is 0 Å². The van der Waals surface area contributed by atoms with Crippen molar-refractivity contribution < 1.29 is 0 Å². The maximum Gasteiger partial charge on any atom is 0.0818 e. The number of nitrogens with zero attached hydrogens (tertiary/aromatic N) is 1. The van der Waals surface area contributed by atoms with Crippen LogP contribution in [0.1, 0.15) is 24.5 Å². The predicted molar refractivity (Wildman–Crippen MR) is 48.4 cm³/mol. The van der Waals surface area contributed by atoms with E-state index in [1.807, 2.05) is 0 Å². The van der Waals surface area contributed by atoms with Crippen molar-refractivity contribution in [1.29, 1.82) is 0 Å². The van der Waals surface area contributed by atoms with Crippen LogP contribution in [-0.4, -0.2) is 23.3 Å². The zero-order valence-electron chi connectivity index (χ0n) is 6.81. The number of H-pyrrole nitrogens is 1. The molecular formula is C8H12ClN3. The van der Waals surface area contributed by atoms with E-state index in [1.165, 1.54) is 0 Å². The highest BCUT2D eigenvalue weighted by molar-refractivity contribution is 6.31. The van der Waals surface area contributed by atoms with Gasteiger partial charge in [0.1, 0.15) is 0 Å². The third-order valence-corrected chi connectivity index (χ3v) is 2.67. The molecule has 0 aliphatic carbocycles. The van der Waals surface area contributed by atoms with Gasteiger partial charge in [-0.25, -0.2) is 0 Å². The van der Waals surface area contributed by atoms with Crippen molar-refractivity contribution in [1.82, 2.24) is 15.5 Å². The molecule has 2 heterocycles. The van der Waals surface area contributed by atoms with Gasteiger partial charge in [-0.1, -0.05) is 11.6 Å². The van der Waals surface area contributed by atoms with Gasteiger partial charge >= 0.3 is 0 Å². The van der Waals surface area contributed by atoms with Gasteiger partial charge in [-0.15, -0.1) is 0 Å². The van der Waals surface area contributed by atoms with E-state index in [4.69, 9.17) is 11.6 Å². The van der Waals surface area contributed by atoms with Crippen molar-refractivity contribution in [2.24, 2.45) is 0 Å². The van der Waals surface area contributed by atoms with Crippen LogP contribution < -0.4 is 5.32 Å². The molecule has 0 saturated carbocycles. The molecule has 4 heteroatoms. The standard InChI is InChI=1S/C8H12ClN3/c9-7-5-11-12-8(7)6-1-3-10-4-2-6/h5-6,10H,1-4H2,(H,11,12). The second kappa shape index (κ2) is 3.46. The van der Waals surface area contributed by atoms with Gasteiger partial charge in [0.05, 0.1) is 16.9 Å². The molecule has 0 unspecified atom stereocenters. The van der Waals surface area contributed by atoms with Gasteiger partial charge in [0.25, 0.3) is 0 Å². The molecule has 0 radical (unpaired) electrons. The number of hydrogen-bond donors (Lipinski definition) is 2. The van der Waals surface area contributed by atoms with Crippen LogP contribution in [-0.2, 0) is 0 Å². The van der Waals surface area contributed by atoms with Crippen molar-refractivity contribution in [2.75, 3.05) is 13.1 Å². The van der Waals surface area contributed by atoms with Gasteiger partial charge in [0, 0.05) is 5.92 Å². The fraction of sp³-hybridized carbons (Fsp3) is 0.625. The van der Waals surface area contributed by atoms with Gasteiger partial charge in [0.2, 0.25) is 0 Å². The average Bonchev–Trinajstić information content (AvgIpc) is 2.53. The molecule has 1 aromatic heterocycles. The first-order valence-electron chi connectivity index (χ1n) is 4.27. The van der Waals surface area contributed by atoms with E-state index in [1.54, 1.807) is 6.20 Å². The van der Waals surface area contributed by atoms with Gasteiger partial charge in [-0.05, 0) is 25.9 Å². The fourth-order valence-electron chi connectivity index (χ4n) is 1.68. The van der Waals surface area contributed by atoms with Crippen LogP contribution in [0.2, 0.25) is 5.02 Å². The van der Waals surface area contributed by atoms with E-state index in [2.05, 4.69) is 15.5 Å². The number of aromatic amines is 1. The number of aromatic nitrogens is 2. The summed E-state index contributed by atoms with van der Waals surface area (Å²) in [5, 5.41) is 11.0. The maximum absolute atomic E-state index is 5.96. The lowest BCUT2D eigenvalue weighted by molar-refractivity contribution is 0.453.